The van der Waals surface area contributed by atoms with Gasteiger partial charge in [-0.25, -0.2) is 57.4 Å². The van der Waals surface area contributed by atoms with E-state index in [0.29, 0.717) is 95.4 Å². The number of hydrogen-bond acceptors (Lipinski definition) is 12. The van der Waals surface area contributed by atoms with Crippen molar-refractivity contribution in [3.05, 3.63) is 324 Å². The minimum Gasteiger partial charge on any atom is -0.309 e. The van der Waals surface area contributed by atoms with Gasteiger partial charge in [-0.15, -0.1) is 0 Å². The molecule has 0 bridgehead atoms. The molecule has 4 aromatic heterocycles. The largest absolute Gasteiger partial charge is 0.309 e. The van der Waals surface area contributed by atoms with Crippen molar-refractivity contribution in [3.63, 3.8) is 0 Å². The van der Waals surface area contributed by atoms with Crippen LogP contribution in [-0.4, -0.2) is 63.5 Å². The number of benzene rings is 9. The molecule has 4 amide bonds. The number of aryl methyl sites for hydroxylation is 2. The molecule has 0 aliphatic heterocycles. The highest BCUT2D eigenvalue weighted by Gasteiger charge is 2.26. The summed E-state index contributed by atoms with van der Waals surface area (Å²) in [6, 6.07) is 69.2. The van der Waals surface area contributed by atoms with Gasteiger partial charge < -0.3 is 21.3 Å². The Morgan fingerprint density at radius 3 is 0.898 bits per heavy atom. The molecule has 0 radical (unpaired) electrons. The maximum atomic E-state index is 13.4. The standard InChI is InChI=1S/C29H28FN3O.C27H30FN3O.C26H28FN3O.C25H26FN3O/c30-25-14-12-23(13-15-25)27-19-31-29(26(32-27)17-20-6-2-1-3-7-20)33-28(34)18-21-10-11-22-8-4-5-9-24(22)16-21;28-23-16-14-22(15-17-23)25-19-29-27(24(30-25)18-21-10-5-2-6-11-21)31-26(32)13-7-12-20-8-3-1-4-9-20;27-22-14-12-21(13-15-22)24-18-28-26(23(29-24)17-20-9-5-2-6-10-20)30-25(31)16-11-19-7-3-1-4-8-19;26-21-13-11-20(12-14-21)23-17-27-25(22(28-23)15-18-7-3-1-4-8-18)29-24(30)16-19-9-5-2-6-10-19/h4-5,8-16,19-20H,1-3,6-7,17-18H2,(H,31,33,34);1,3-4,8-9,14-17,19,21H,2,5-7,10-13,18H2,(H,29,31,32);1,3-4,7-8,12-15,18,20H,2,5-6,9-11,16-17H2,(H,28,30,31);2,5-6,9-14,17-18H,1,3-4,7-8,15-16H2,(H,27,29,30). The zero-order valence-corrected chi connectivity index (χ0v) is 72.2. The van der Waals surface area contributed by atoms with Crippen LogP contribution < -0.4 is 21.3 Å². The van der Waals surface area contributed by atoms with Crippen LogP contribution in [-0.2, 0) is 70.5 Å². The lowest BCUT2D eigenvalue weighted by Crippen LogP contribution is -2.19. The second-order valence-corrected chi connectivity index (χ2v) is 34.1. The third-order valence-electron chi connectivity index (χ3n) is 24.4. The Hall–Kier alpha value is -12.8. The molecule has 16 nitrogen and oxygen atoms in total. The molecule has 4 aliphatic rings. The van der Waals surface area contributed by atoms with E-state index in [2.05, 4.69) is 71.5 Å². The zero-order chi connectivity index (χ0) is 87.7. The first-order valence-electron chi connectivity index (χ1n) is 45.4. The number of rotatable bonds is 27. The molecule has 0 saturated heterocycles. The number of amides is 4. The summed E-state index contributed by atoms with van der Waals surface area (Å²) in [6.07, 6.45) is 38.1. The summed E-state index contributed by atoms with van der Waals surface area (Å²) in [5.74, 6) is 2.99. The first kappa shape index (κ1) is 90.4. The Morgan fingerprint density at radius 1 is 0.276 bits per heavy atom. The molecule has 127 heavy (non-hydrogen) atoms. The van der Waals surface area contributed by atoms with E-state index in [9.17, 15) is 36.7 Å². The molecule has 4 aliphatic carbocycles. The molecule has 0 unspecified atom stereocenters. The van der Waals surface area contributed by atoms with Crippen molar-refractivity contribution >= 4 is 57.7 Å². The Labute approximate surface area is 742 Å². The van der Waals surface area contributed by atoms with Gasteiger partial charge in [0.1, 0.15) is 23.3 Å². The predicted molar refractivity (Wildman–Crippen MR) is 497 cm³/mol. The zero-order valence-electron chi connectivity index (χ0n) is 72.2. The van der Waals surface area contributed by atoms with Crippen LogP contribution in [0.3, 0.4) is 0 Å². The smallest absolute Gasteiger partial charge is 0.229 e. The number of halogens is 4. The van der Waals surface area contributed by atoms with Gasteiger partial charge in [-0.05, 0) is 199 Å². The van der Waals surface area contributed by atoms with Gasteiger partial charge in [0, 0.05) is 35.1 Å². The summed E-state index contributed by atoms with van der Waals surface area (Å²) < 4.78 is 53.3. The highest BCUT2D eigenvalue weighted by molar-refractivity contribution is 5.94. The third kappa shape index (κ3) is 28.3. The SMILES string of the molecule is O=C(CCCc1ccccc1)Nc1ncc(-c2ccc(F)cc2)nc1CC1CCCCC1.O=C(CCc1ccccc1)Nc1ncc(-c2ccc(F)cc2)nc1CC1CCCCC1.O=C(Cc1ccc2ccccc2c1)Nc1ncc(-c2ccc(F)cc2)nc1CC1CCCCC1.O=C(Cc1ccccc1)Nc1ncc(-c2ccc(F)cc2)nc1CC1CCCCC1. The Bertz CT molecular complexity index is 5700. The average molecular weight is 1710 g/mol. The molecule has 4 saturated carbocycles. The van der Waals surface area contributed by atoms with Crippen molar-refractivity contribution in [3.8, 4) is 45.0 Å². The van der Waals surface area contributed by atoms with E-state index in [1.165, 1.54) is 183 Å². The minimum absolute atomic E-state index is 0.0327. The van der Waals surface area contributed by atoms with Gasteiger partial charge in [0.25, 0.3) is 0 Å². The highest BCUT2D eigenvalue weighted by Crippen LogP contribution is 2.36. The quantitative estimate of drug-likeness (QED) is 0.0353. The van der Waals surface area contributed by atoms with E-state index in [0.717, 1.165) is 111 Å². The van der Waals surface area contributed by atoms with Crippen LogP contribution in [0.2, 0.25) is 0 Å². The molecular formula is C107H112F4N12O4. The number of carbonyl (C=O) groups excluding carboxylic acids is 4. The Kier molecular flexibility index (Phi) is 33.4. The highest BCUT2D eigenvalue weighted by atomic mass is 19.1. The van der Waals surface area contributed by atoms with Crippen molar-refractivity contribution in [2.24, 2.45) is 23.7 Å². The number of carbonyl (C=O) groups is 4. The molecule has 9 aromatic carbocycles. The van der Waals surface area contributed by atoms with E-state index >= 15 is 0 Å². The van der Waals surface area contributed by atoms with Crippen molar-refractivity contribution < 1.29 is 36.7 Å². The van der Waals surface area contributed by atoms with Gasteiger partial charge in [-0.2, -0.15) is 0 Å². The van der Waals surface area contributed by atoms with Gasteiger partial charge in [-0.1, -0.05) is 262 Å². The van der Waals surface area contributed by atoms with Gasteiger partial charge >= 0.3 is 0 Å². The van der Waals surface area contributed by atoms with Gasteiger partial charge in [0.2, 0.25) is 23.6 Å². The summed E-state index contributed by atoms with van der Waals surface area (Å²) in [5, 5.41) is 14.2. The van der Waals surface area contributed by atoms with Gasteiger partial charge in [0.05, 0.1) is 83.2 Å². The number of fused-ring (bicyclic) bond motifs is 1. The van der Waals surface area contributed by atoms with Crippen molar-refractivity contribution in [2.75, 3.05) is 21.3 Å². The number of nitrogens with zero attached hydrogens (tertiary/aromatic N) is 8. The summed E-state index contributed by atoms with van der Waals surface area (Å²) in [5.41, 5.74) is 13.6. The number of nitrogens with one attached hydrogen (secondary N) is 4. The lowest BCUT2D eigenvalue weighted by molar-refractivity contribution is -0.117. The van der Waals surface area contributed by atoms with Crippen molar-refractivity contribution in [1.29, 1.82) is 0 Å². The van der Waals surface area contributed by atoms with Gasteiger partial charge in [0.15, 0.2) is 23.3 Å². The lowest BCUT2D eigenvalue weighted by atomic mass is 9.86. The van der Waals surface area contributed by atoms with Crippen LogP contribution in [0.25, 0.3) is 55.8 Å². The third-order valence-corrected chi connectivity index (χ3v) is 24.4. The van der Waals surface area contributed by atoms with Crippen molar-refractivity contribution in [2.45, 2.75) is 199 Å². The number of aromatic nitrogens is 8. The fourth-order valence-electron chi connectivity index (χ4n) is 17.5. The summed E-state index contributed by atoms with van der Waals surface area (Å²) in [4.78, 5) is 88.4. The molecule has 4 heterocycles. The average Bonchev–Trinajstić information content (AvgIpc) is 0.827. The van der Waals surface area contributed by atoms with Crippen molar-refractivity contribution in [1.82, 2.24) is 39.9 Å². The summed E-state index contributed by atoms with van der Waals surface area (Å²) in [7, 11) is 0. The van der Waals surface area contributed by atoms with E-state index in [-0.39, 0.29) is 53.3 Å². The number of anilines is 4. The van der Waals surface area contributed by atoms with Gasteiger partial charge in [-0.3, -0.25) is 19.2 Å². The van der Waals surface area contributed by atoms with Crippen LogP contribution in [0.1, 0.15) is 193 Å². The van der Waals surface area contributed by atoms with Crippen LogP contribution in [0, 0.1) is 46.9 Å². The molecular weight excluding hydrogens is 1590 g/mol. The van der Waals surface area contributed by atoms with Crippen LogP contribution >= 0.6 is 0 Å². The first-order chi connectivity index (χ1) is 62.1. The fourth-order valence-corrected chi connectivity index (χ4v) is 17.5. The Morgan fingerprint density at radius 2 is 0.559 bits per heavy atom. The molecule has 0 atom stereocenters. The predicted octanol–water partition coefficient (Wildman–Crippen LogP) is 24.7. The molecule has 13 aromatic rings. The Balaban J connectivity index is 0.000000137. The maximum Gasteiger partial charge on any atom is 0.229 e. The van der Waals surface area contributed by atoms with E-state index in [1.54, 1.807) is 73.3 Å². The molecule has 4 fully saturated rings. The fraction of sp³-hybridized carbons (Fsp3) is 0.327. The molecule has 0 spiro atoms. The number of hydrogen-bond donors (Lipinski definition) is 4. The first-order valence-corrected chi connectivity index (χ1v) is 45.4. The van der Waals surface area contributed by atoms with E-state index < -0.39 is 0 Å². The topological polar surface area (TPSA) is 220 Å². The maximum absolute atomic E-state index is 13.4. The molecule has 652 valence electrons. The molecule has 17 rings (SSSR count). The second kappa shape index (κ2) is 46.9. The van der Waals surface area contributed by atoms with E-state index in [1.807, 2.05) is 103 Å². The minimum atomic E-state index is -0.281. The summed E-state index contributed by atoms with van der Waals surface area (Å²) in [6.45, 7) is 0. The second-order valence-electron chi connectivity index (χ2n) is 34.1. The van der Waals surface area contributed by atoms with E-state index in [4.69, 9.17) is 19.9 Å². The lowest BCUT2D eigenvalue weighted by Gasteiger charge is -2.22. The summed E-state index contributed by atoms with van der Waals surface area (Å²) >= 11 is 0. The normalized spacial score (nSPS) is 14.3. The van der Waals surface area contributed by atoms with Crippen LogP contribution in [0.15, 0.2) is 255 Å². The molecule has 20 heteroatoms. The van der Waals surface area contributed by atoms with Crippen LogP contribution in [0.5, 0.6) is 0 Å². The molecule has 4 N–H and O–H groups in total. The monoisotopic (exact) mass is 1700 g/mol. The van der Waals surface area contributed by atoms with Crippen LogP contribution in [0.4, 0.5) is 40.8 Å².